The highest BCUT2D eigenvalue weighted by Gasteiger charge is 2.29. The lowest BCUT2D eigenvalue weighted by Crippen LogP contribution is -2.46. The van der Waals surface area contributed by atoms with Crippen molar-refractivity contribution >= 4 is 5.78 Å². The van der Waals surface area contributed by atoms with Crippen molar-refractivity contribution < 1.29 is 50.8 Å². The third-order valence-corrected chi connectivity index (χ3v) is 1.93. The highest BCUT2D eigenvalue weighted by atomic mass is 16.4. The van der Waals surface area contributed by atoms with Crippen molar-refractivity contribution in [2.24, 2.45) is 0 Å². The zero-order chi connectivity index (χ0) is 18.3. The smallest absolute Gasteiger partial charge is 0.126 e. The van der Waals surface area contributed by atoms with Crippen LogP contribution in [-0.2, 0) is 4.79 Å². The van der Waals surface area contributed by atoms with Crippen LogP contribution in [0.2, 0.25) is 0 Å². The van der Waals surface area contributed by atoms with E-state index in [1.807, 2.05) is 0 Å². The summed E-state index contributed by atoms with van der Waals surface area (Å²) < 4.78 is 0. The van der Waals surface area contributed by atoms with Crippen LogP contribution in [0.15, 0.2) is 0 Å². The Bertz CT molecular complexity index is 228. The summed E-state index contributed by atoms with van der Waals surface area (Å²) in [6, 6.07) is 0. The Morgan fingerprint density at radius 2 is 0.909 bits per heavy atom. The molecule has 4 atom stereocenters. The van der Waals surface area contributed by atoms with Crippen LogP contribution in [0.4, 0.5) is 0 Å². The van der Waals surface area contributed by atoms with E-state index in [2.05, 4.69) is 0 Å². The van der Waals surface area contributed by atoms with Crippen LogP contribution < -0.4 is 0 Å². The summed E-state index contributed by atoms with van der Waals surface area (Å²) >= 11 is 0. The van der Waals surface area contributed by atoms with E-state index < -0.39 is 43.7 Å². The van der Waals surface area contributed by atoms with Gasteiger partial charge in [0.05, 0.1) is 26.4 Å². The molecule has 0 aromatic carbocycles. The first-order valence-electron chi connectivity index (χ1n) is 6.39. The summed E-state index contributed by atoms with van der Waals surface area (Å²) in [5.41, 5.74) is 0. The summed E-state index contributed by atoms with van der Waals surface area (Å²) in [5.74, 6) is 0.167. The number of aliphatic hydroxyl groups excluding tert-OH is 9. The molecule has 0 aromatic heterocycles. The van der Waals surface area contributed by atoms with Crippen molar-refractivity contribution in [3.8, 4) is 0 Å². The van der Waals surface area contributed by atoms with Gasteiger partial charge in [-0.2, -0.15) is 0 Å². The van der Waals surface area contributed by atoms with Gasteiger partial charge in [-0.05, 0) is 13.8 Å². The molecule has 0 aliphatic carbocycles. The summed E-state index contributed by atoms with van der Waals surface area (Å²) in [7, 11) is 0. The van der Waals surface area contributed by atoms with Crippen LogP contribution in [-0.4, -0.2) is 109 Å². The highest BCUT2D eigenvalue weighted by Crippen LogP contribution is 2.03. The molecule has 0 saturated heterocycles. The maximum absolute atomic E-state index is 9.44. The lowest BCUT2D eigenvalue weighted by atomic mass is 10.0. The van der Waals surface area contributed by atoms with Crippen LogP contribution in [0, 0.1) is 0 Å². The second-order valence-corrected chi connectivity index (χ2v) is 4.41. The Hall–Kier alpha value is -0.690. The fourth-order valence-electron chi connectivity index (χ4n) is 0.729. The molecule has 10 nitrogen and oxygen atoms in total. The van der Waals surface area contributed by atoms with Crippen LogP contribution in [0.5, 0.6) is 0 Å². The fraction of sp³-hybridized carbons (Fsp3) is 0.917. The number of hydrogen-bond donors (Lipinski definition) is 9. The first kappa shape index (κ1) is 26.2. The molecule has 4 unspecified atom stereocenters. The molecule has 0 aliphatic rings. The van der Waals surface area contributed by atoms with Crippen LogP contribution >= 0.6 is 0 Å². The van der Waals surface area contributed by atoms with E-state index in [-0.39, 0.29) is 19.0 Å². The number of carbonyl (C=O) groups is 1. The topological polar surface area (TPSA) is 199 Å². The maximum Gasteiger partial charge on any atom is 0.126 e. The van der Waals surface area contributed by atoms with E-state index in [1.165, 1.54) is 13.8 Å². The quantitative estimate of drug-likeness (QED) is 0.218. The number of aliphatic hydroxyl groups is 9. The SMILES string of the molecule is CC(C)=O.OCC(O)C(O)C(O)C(O)CO.OCC(O)CO. The van der Waals surface area contributed by atoms with Crippen LogP contribution in [0.25, 0.3) is 0 Å². The van der Waals surface area contributed by atoms with Crippen molar-refractivity contribution in [2.75, 3.05) is 26.4 Å². The molecular formula is C12H28O10. The molecule has 0 fully saturated rings. The van der Waals surface area contributed by atoms with Crippen molar-refractivity contribution in [1.82, 2.24) is 0 Å². The van der Waals surface area contributed by atoms with Gasteiger partial charge in [-0.3, -0.25) is 0 Å². The monoisotopic (exact) mass is 332 g/mol. The van der Waals surface area contributed by atoms with Gasteiger partial charge >= 0.3 is 0 Å². The zero-order valence-electron chi connectivity index (χ0n) is 12.6. The van der Waals surface area contributed by atoms with Crippen molar-refractivity contribution in [1.29, 1.82) is 0 Å². The molecule has 0 radical (unpaired) electrons. The normalized spacial score (nSPS) is 15.6. The van der Waals surface area contributed by atoms with Gasteiger partial charge in [0.1, 0.15) is 36.3 Å². The Kier molecular flexibility index (Phi) is 19.9. The van der Waals surface area contributed by atoms with Crippen LogP contribution in [0.3, 0.4) is 0 Å². The fourth-order valence-corrected chi connectivity index (χ4v) is 0.729. The number of Topliss-reactive ketones (excluding diaryl/α,β-unsaturated/α-hetero) is 1. The van der Waals surface area contributed by atoms with Gasteiger partial charge in [-0.1, -0.05) is 0 Å². The van der Waals surface area contributed by atoms with Gasteiger partial charge in [0, 0.05) is 0 Å². The average molecular weight is 332 g/mol. The number of ketones is 1. The zero-order valence-corrected chi connectivity index (χ0v) is 12.6. The largest absolute Gasteiger partial charge is 0.394 e. The van der Waals surface area contributed by atoms with Crippen molar-refractivity contribution in [3.63, 3.8) is 0 Å². The van der Waals surface area contributed by atoms with Crippen molar-refractivity contribution in [3.05, 3.63) is 0 Å². The Balaban J connectivity index is -0.000000300. The Labute approximate surface area is 128 Å². The molecule has 10 heteroatoms. The molecule has 0 heterocycles. The van der Waals surface area contributed by atoms with E-state index in [0.29, 0.717) is 0 Å². The third kappa shape index (κ3) is 17.4. The van der Waals surface area contributed by atoms with E-state index in [0.717, 1.165) is 0 Å². The molecule has 0 rings (SSSR count). The predicted octanol–water partition coefficient (Wildman–Crippen LogP) is -4.66. The van der Waals surface area contributed by atoms with Gasteiger partial charge in [0.25, 0.3) is 0 Å². The molecule has 0 amide bonds. The first-order chi connectivity index (χ1) is 10.1. The van der Waals surface area contributed by atoms with Crippen LogP contribution in [0.1, 0.15) is 13.8 Å². The average Bonchev–Trinajstić information content (AvgIpc) is 2.50. The molecule has 0 aromatic rings. The molecule has 0 aliphatic heterocycles. The van der Waals surface area contributed by atoms with Gasteiger partial charge < -0.3 is 50.8 Å². The van der Waals surface area contributed by atoms with E-state index >= 15 is 0 Å². The Morgan fingerprint density at radius 1 is 0.682 bits per heavy atom. The van der Waals surface area contributed by atoms with E-state index in [4.69, 9.17) is 46.0 Å². The summed E-state index contributed by atoms with van der Waals surface area (Å²) in [6.07, 6.45) is -7.35. The Morgan fingerprint density at radius 3 is 1.00 bits per heavy atom. The molecule has 22 heavy (non-hydrogen) atoms. The first-order valence-corrected chi connectivity index (χ1v) is 6.39. The minimum Gasteiger partial charge on any atom is -0.394 e. The lowest BCUT2D eigenvalue weighted by molar-refractivity contribution is -0.123. The summed E-state index contributed by atoms with van der Waals surface area (Å²) in [4.78, 5) is 9.44. The minimum absolute atomic E-state index is 0.167. The van der Waals surface area contributed by atoms with Gasteiger partial charge in [-0.15, -0.1) is 0 Å². The van der Waals surface area contributed by atoms with Gasteiger partial charge in [0.2, 0.25) is 0 Å². The standard InChI is InChI=1S/C6H14O6.C3H8O3.C3H6O/c7-1-3(9)5(11)6(12)4(10)2-8;4-1-3(6)2-5;1-3(2)4/h3-12H,1-2H2;3-6H,1-2H2;1-2H3. The van der Waals surface area contributed by atoms with Crippen molar-refractivity contribution in [2.45, 2.75) is 44.4 Å². The van der Waals surface area contributed by atoms with E-state index in [9.17, 15) is 4.79 Å². The second kappa shape index (κ2) is 16.7. The number of hydrogen-bond acceptors (Lipinski definition) is 10. The molecule has 136 valence electrons. The highest BCUT2D eigenvalue weighted by molar-refractivity contribution is 5.72. The van der Waals surface area contributed by atoms with Gasteiger partial charge in [-0.25, -0.2) is 0 Å². The molecule has 0 saturated carbocycles. The summed E-state index contributed by atoms with van der Waals surface area (Å²) in [6.45, 7) is 0.875. The summed E-state index contributed by atoms with van der Waals surface area (Å²) in [5, 5.41) is 76.2. The number of carbonyl (C=O) groups excluding carboxylic acids is 1. The predicted molar refractivity (Wildman–Crippen MR) is 74.7 cm³/mol. The minimum atomic E-state index is -1.67. The second-order valence-electron chi connectivity index (χ2n) is 4.41. The molecule has 0 bridgehead atoms. The maximum atomic E-state index is 9.44. The molecule has 9 N–H and O–H groups in total. The lowest BCUT2D eigenvalue weighted by Gasteiger charge is -2.24. The van der Waals surface area contributed by atoms with E-state index in [1.54, 1.807) is 0 Å². The third-order valence-electron chi connectivity index (χ3n) is 1.93. The molecular weight excluding hydrogens is 304 g/mol. The molecule has 0 spiro atoms. The number of rotatable bonds is 7. The van der Waals surface area contributed by atoms with Gasteiger partial charge in [0.15, 0.2) is 0 Å².